The molecule has 360 valence electrons. The van der Waals surface area contributed by atoms with E-state index in [1.807, 2.05) is 40.0 Å². The molecule has 5 N–H and O–H groups in total. The minimum absolute atomic E-state index is 0.0555. The topological polar surface area (TPSA) is 196 Å². The van der Waals surface area contributed by atoms with Crippen molar-refractivity contribution in [2.75, 3.05) is 54.2 Å². The van der Waals surface area contributed by atoms with Crippen molar-refractivity contribution < 1.29 is 38.4 Å². The number of carbonyl (C=O) groups excluding carboxylic acids is 3. The van der Waals surface area contributed by atoms with Crippen LogP contribution >= 0.6 is 0 Å². The number of aromatic amines is 2. The van der Waals surface area contributed by atoms with E-state index in [1.54, 1.807) is 12.0 Å². The minimum atomic E-state index is -0.971. The fraction of sp³-hybridized carbons (Fsp3) is 0.549. The van der Waals surface area contributed by atoms with Crippen molar-refractivity contribution in [2.24, 2.45) is 29.6 Å². The average Bonchev–Trinajstić information content (AvgIpc) is 4.19. The number of aliphatic hydroxyl groups is 1. The molecular formula is C51H68N8O8. The molecule has 3 amide bonds. The van der Waals surface area contributed by atoms with Gasteiger partial charge in [0, 0.05) is 38.1 Å². The van der Waals surface area contributed by atoms with Crippen LogP contribution in [0, 0.1) is 29.6 Å². The Balaban J connectivity index is 1.00. The van der Waals surface area contributed by atoms with Crippen LogP contribution in [-0.2, 0) is 23.7 Å². The van der Waals surface area contributed by atoms with Gasteiger partial charge in [0.05, 0.1) is 68.5 Å². The third-order valence-electron chi connectivity index (χ3n) is 14.2. The van der Waals surface area contributed by atoms with Crippen LogP contribution < -0.4 is 10.6 Å². The Morgan fingerprint density at radius 2 is 1.43 bits per heavy atom. The second kappa shape index (κ2) is 21.2. The van der Waals surface area contributed by atoms with Crippen LogP contribution in [0.4, 0.5) is 9.59 Å². The van der Waals surface area contributed by atoms with Crippen molar-refractivity contribution >= 4 is 39.9 Å². The highest BCUT2D eigenvalue weighted by Crippen LogP contribution is 2.40. The Labute approximate surface area is 392 Å². The smallest absolute Gasteiger partial charge is 0.407 e. The van der Waals surface area contributed by atoms with E-state index in [2.05, 4.69) is 74.0 Å². The number of amides is 3. The van der Waals surface area contributed by atoms with Crippen molar-refractivity contribution in [1.29, 1.82) is 0 Å². The highest BCUT2D eigenvalue weighted by Gasteiger charge is 2.43. The van der Waals surface area contributed by atoms with Gasteiger partial charge in [-0.05, 0) is 83.6 Å². The Bertz CT molecular complexity index is 2480. The number of aromatic nitrogens is 4. The van der Waals surface area contributed by atoms with Gasteiger partial charge in [-0.25, -0.2) is 19.6 Å². The first-order chi connectivity index (χ1) is 32.3. The Hall–Kier alpha value is -5.55. The van der Waals surface area contributed by atoms with E-state index in [1.165, 1.54) is 39.9 Å². The van der Waals surface area contributed by atoms with Gasteiger partial charge >= 0.3 is 12.2 Å². The van der Waals surface area contributed by atoms with Crippen LogP contribution in [0.5, 0.6) is 0 Å². The normalized spacial score (nSPS) is 21.7. The molecule has 3 fully saturated rings. The summed E-state index contributed by atoms with van der Waals surface area (Å²) in [6.07, 6.45) is 6.05. The molecule has 2 saturated heterocycles. The molecule has 1 aliphatic carbocycles. The van der Waals surface area contributed by atoms with E-state index < -0.39 is 30.5 Å². The number of rotatable bonds is 17. The summed E-state index contributed by atoms with van der Waals surface area (Å²) in [4.78, 5) is 59.4. The summed E-state index contributed by atoms with van der Waals surface area (Å²) in [5.74, 6) is 2.01. The molecule has 1 unspecified atom stereocenters. The van der Waals surface area contributed by atoms with Gasteiger partial charge < -0.3 is 49.6 Å². The molecule has 4 heterocycles. The molecular weight excluding hydrogens is 853 g/mol. The molecule has 1 saturated carbocycles. The van der Waals surface area contributed by atoms with Crippen molar-refractivity contribution in [2.45, 2.75) is 96.6 Å². The number of carbonyl (C=O) groups is 3. The van der Waals surface area contributed by atoms with Crippen molar-refractivity contribution in [3.8, 4) is 22.4 Å². The zero-order valence-electron chi connectivity index (χ0n) is 39.9. The summed E-state index contributed by atoms with van der Waals surface area (Å²) < 4.78 is 21.5. The van der Waals surface area contributed by atoms with E-state index in [4.69, 9.17) is 28.9 Å². The zero-order chi connectivity index (χ0) is 47.4. The number of hydrogen-bond donors (Lipinski definition) is 5. The molecule has 3 aliphatic rings. The molecule has 5 aromatic rings. The molecule has 0 spiro atoms. The third kappa shape index (κ3) is 10.6. The number of likely N-dealkylation sites (tertiary alicyclic amines) is 2. The molecule has 0 radical (unpaired) electrons. The quantitative estimate of drug-likeness (QED) is 0.0607. The molecule has 8 rings (SSSR count). The summed E-state index contributed by atoms with van der Waals surface area (Å²) in [7, 11) is 4.28. The predicted molar refractivity (Wildman–Crippen MR) is 256 cm³/mol. The first kappa shape index (κ1) is 47.9. The first-order valence-corrected chi connectivity index (χ1v) is 23.9. The summed E-state index contributed by atoms with van der Waals surface area (Å²) >= 11 is 0. The second-order valence-corrected chi connectivity index (χ2v) is 19.5. The predicted octanol–water partition coefficient (Wildman–Crippen LogP) is 7.96. The number of imidazole rings is 2. The van der Waals surface area contributed by atoms with E-state index in [0.29, 0.717) is 44.5 Å². The molecule has 7 atom stereocenters. The molecule has 2 aliphatic heterocycles. The Morgan fingerprint density at radius 3 is 2.13 bits per heavy atom. The number of nitrogens with zero attached hydrogens (tertiary/aromatic N) is 4. The van der Waals surface area contributed by atoms with E-state index >= 15 is 0 Å². The number of nitrogens with one attached hydrogen (secondary N) is 4. The minimum Gasteiger partial charge on any atom is -0.453 e. The summed E-state index contributed by atoms with van der Waals surface area (Å²) in [5.41, 5.74) is 5.70. The van der Waals surface area contributed by atoms with Crippen LogP contribution in [0.3, 0.4) is 0 Å². The van der Waals surface area contributed by atoms with Gasteiger partial charge in [-0.3, -0.25) is 9.69 Å². The van der Waals surface area contributed by atoms with E-state index in [9.17, 15) is 19.5 Å². The number of aliphatic hydroxyl groups excluding tert-OH is 1. The lowest BCUT2D eigenvalue weighted by Crippen LogP contribution is -2.54. The number of hydrogen-bond acceptors (Lipinski definition) is 11. The molecule has 67 heavy (non-hydrogen) atoms. The molecule has 3 aromatic carbocycles. The second-order valence-electron chi connectivity index (χ2n) is 19.5. The lowest BCUT2D eigenvalue weighted by molar-refractivity contribution is -0.135. The highest BCUT2D eigenvalue weighted by atomic mass is 16.5. The highest BCUT2D eigenvalue weighted by molar-refractivity contribution is 6.05. The summed E-state index contributed by atoms with van der Waals surface area (Å²) in [6.45, 7) is 10.7. The van der Waals surface area contributed by atoms with E-state index in [0.717, 1.165) is 63.0 Å². The van der Waals surface area contributed by atoms with Gasteiger partial charge in [0.2, 0.25) is 5.91 Å². The third-order valence-corrected chi connectivity index (χ3v) is 14.2. The fourth-order valence-electron chi connectivity index (χ4n) is 10.5. The Morgan fingerprint density at radius 1 is 0.761 bits per heavy atom. The van der Waals surface area contributed by atoms with E-state index in [-0.39, 0.29) is 41.7 Å². The van der Waals surface area contributed by atoms with Crippen molar-refractivity contribution in [1.82, 2.24) is 40.4 Å². The van der Waals surface area contributed by atoms with Gasteiger partial charge in [-0.15, -0.1) is 0 Å². The number of ether oxygens (including phenoxy) is 4. The maximum Gasteiger partial charge on any atom is 0.407 e. The maximum absolute atomic E-state index is 13.9. The number of benzene rings is 3. The lowest BCUT2D eigenvalue weighted by atomic mass is 9.99. The number of fused-ring (bicyclic) bond motifs is 3. The first-order valence-electron chi connectivity index (χ1n) is 23.9. The zero-order valence-corrected chi connectivity index (χ0v) is 39.9. The standard InChI is InChI=1S/C51H68N8O8/c1-29(2)43(56-50(62)65-6)48(60)58-24-32(26-64-5)20-41(58)46-52-23-40(54-46)35-14-12-34(13-15-35)36-16-18-38-37(22-36)17-19-39-45(38)55-47(53-39)42-21-33(28-67-27-31-10-8-9-11-31)25-59(42)49(61)44(30(3)4)57-51(63)66-7/h12-19,22-23,29-33,41-44,49,61H,8-11,20-21,24-28H2,1-7H3,(H,52,54)(H,53,55)(H,56,62)(H,57,63)/t32-,33-,41-,42-,43-,44-,49?/m0/s1. The van der Waals surface area contributed by atoms with Crippen LogP contribution in [0.1, 0.15) is 90.0 Å². The maximum atomic E-state index is 13.9. The SMILES string of the molecule is COC[C@H]1C[C@@H](c2ncc(-c3ccc(-c4ccc5c(ccc6nc([C@@H]7C[C@H](COCC8CCCC8)CN7C(O)[C@@H](NC(=O)OC)C(C)C)[nH]c65)c4)cc3)[nH]2)N(C(=O)[C@@H](NC(=O)OC)C(C)C)C1. The lowest BCUT2D eigenvalue weighted by Gasteiger charge is -2.36. The summed E-state index contributed by atoms with van der Waals surface area (Å²) in [5, 5.41) is 19.6. The van der Waals surface area contributed by atoms with Crippen LogP contribution in [0.15, 0.2) is 60.8 Å². The fourth-order valence-corrected chi connectivity index (χ4v) is 10.5. The molecule has 16 heteroatoms. The van der Waals surface area contributed by atoms with Gasteiger partial charge in [0.15, 0.2) is 0 Å². The molecule has 0 bridgehead atoms. The number of alkyl carbamates (subject to hydrolysis) is 2. The summed E-state index contributed by atoms with van der Waals surface area (Å²) in [6, 6.07) is 17.1. The monoisotopic (exact) mass is 921 g/mol. The van der Waals surface area contributed by atoms with Crippen molar-refractivity contribution in [3.63, 3.8) is 0 Å². The van der Waals surface area contributed by atoms with Gasteiger partial charge in [0.1, 0.15) is 23.9 Å². The molecule has 16 nitrogen and oxygen atoms in total. The van der Waals surface area contributed by atoms with Gasteiger partial charge in [-0.2, -0.15) is 0 Å². The average molecular weight is 921 g/mol. The van der Waals surface area contributed by atoms with Gasteiger partial charge in [-0.1, -0.05) is 83.0 Å². The van der Waals surface area contributed by atoms with Crippen LogP contribution in [0.2, 0.25) is 0 Å². The van der Waals surface area contributed by atoms with Gasteiger partial charge in [0.25, 0.3) is 0 Å². The number of methoxy groups -OCH3 is 3. The van der Waals surface area contributed by atoms with Crippen LogP contribution in [0.25, 0.3) is 44.2 Å². The Kier molecular flexibility index (Phi) is 15.1. The van der Waals surface area contributed by atoms with Crippen LogP contribution in [-0.4, -0.2) is 125 Å². The number of H-pyrrole nitrogens is 2. The largest absolute Gasteiger partial charge is 0.453 e. The molecule has 2 aromatic heterocycles. The van der Waals surface area contributed by atoms with Crippen molar-refractivity contribution in [3.05, 3.63) is 72.4 Å².